The molecule has 0 bridgehead atoms. The molecule has 2 aromatic rings. The van der Waals surface area contributed by atoms with E-state index in [1.807, 2.05) is 0 Å². The fourth-order valence-corrected chi connectivity index (χ4v) is 1.70. The molecular formula is C14H14N2O4. The number of amides is 1. The lowest BCUT2D eigenvalue weighted by Gasteiger charge is -2.11. The van der Waals surface area contributed by atoms with Crippen molar-refractivity contribution in [3.8, 4) is 11.5 Å². The first-order valence-electron chi connectivity index (χ1n) is 5.86. The molecule has 104 valence electrons. The van der Waals surface area contributed by atoms with Crippen molar-refractivity contribution in [3.63, 3.8) is 0 Å². The number of rotatable bonds is 4. The molecule has 0 spiro atoms. The Morgan fingerprint density at radius 3 is 2.70 bits per heavy atom. The quantitative estimate of drug-likeness (QED) is 0.678. The highest BCUT2D eigenvalue weighted by molar-refractivity contribution is 6.04. The first kappa shape index (κ1) is 13.7. The van der Waals surface area contributed by atoms with Crippen LogP contribution in [0.25, 0.3) is 0 Å². The van der Waals surface area contributed by atoms with Crippen LogP contribution in [-0.4, -0.2) is 20.1 Å². The van der Waals surface area contributed by atoms with Crippen molar-refractivity contribution in [1.29, 1.82) is 0 Å². The summed E-state index contributed by atoms with van der Waals surface area (Å²) in [5, 5.41) is 13.8. The monoisotopic (exact) mass is 274 g/mol. The number of carbonyl (C=O) groups excluding carboxylic acids is 1. The molecule has 0 radical (unpaired) electrons. The normalized spacial score (nSPS) is 9.90. The van der Waals surface area contributed by atoms with Gasteiger partial charge in [0.05, 0.1) is 19.9 Å². The number of carbonyl (C=O) groups is 1. The van der Waals surface area contributed by atoms with Crippen LogP contribution < -0.4 is 19.5 Å². The van der Waals surface area contributed by atoms with Crippen LogP contribution in [0.3, 0.4) is 0 Å². The molecule has 0 fully saturated rings. The van der Waals surface area contributed by atoms with Gasteiger partial charge in [-0.25, -0.2) is 0 Å². The molecule has 0 saturated heterocycles. The van der Waals surface area contributed by atoms with E-state index in [0.29, 0.717) is 21.9 Å². The summed E-state index contributed by atoms with van der Waals surface area (Å²) in [5.41, 5.74) is 0.727. The van der Waals surface area contributed by atoms with E-state index in [1.165, 1.54) is 32.7 Å². The Labute approximate surface area is 116 Å². The molecule has 2 rings (SSSR count). The van der Waals surface area contributed by atoms with Crippen LogP contribution >= 0.6 is 0 Å². The van der Waals surface area contributed by atoms with Crippen LogP contribution in [0.1, 0.15) is 10.4 Å². The van der Waals surface area contributed by atoms with E-state index in [-0.39, 0.29) is 5.56 Å². The van der Waals surface area contributed by atoms with Crippen LogP contribution in [0.2, 0.25) is 0 Å². The van der Waals surface area contributed by atoms with Crippen LogP contribution in [0, 0.1) is 5.21 Å². The number of ether oxygens (including phenoxy) is 2. The number of hydrogen-bond acceptors (Lipinski definition) is 4. The summed E-state index contributed by atoms with van der Waals surface area (Å²) in [6.07, 6.45) is 2.50. The molecular weight excluding hydrogens is 260 g/mol. The van der Waals surface area contributed by atoms with Crippen molar-refractivity contribution in [2.45, 2.75) is 0 Å². The van der Waals surface area contributed by atoms with E-state index in [4.69, 9.17) is 9.47 Å². The van der Waals surface area contributed by atoms with Crippen molar-refractivity contribution >= 4 is 11.6 Å². The molecule has 0 aliphatic rings. The summed E-state index contributed by atoms with van der Waals surface area (Å²) in [6.45, 7) is 0. The van der Waals surface area contributed by atoms with Gasteiger partial charge in [0.1, 0.15) is 17.1 Å². The van der Waals surface area contributed by atoms with E-state index in [2.05, 4.69) is 5.32 Å². The Bertz CT molecular complexity index is 628. The minimum absolute atomic E-state index is 0.257. The lowest BCUT2D eigenvalue weighted by molar-refractivity contribution is -0.605. The van der Waals surface area contributed by atoms with Gasteiger partial charge in [-0.1, -0.05) is 0 Å². The number of hydrogen-bond donors (Lipinski definition) is 1. The molecule has 0 aliphatic carbocycles. The highest BCUT2D eigenvalue weighted by Gasteiger charge is 2.12. The third-order valence-electron chi connectivity index (χ3n) is 2.69. The Balaban J connectivity index is 2.27. The average Bonchev–Trinajstić information content (AvgIpc) is 2.47. The van der Waals surface area contributed by atoms with Crippen molar-refractivity contribution in [1.82, 2.24) is 0 Å². The number of nitrogens with zero attached hydrogens (tertiary/aromatic N) is 1. The zero-order valence-electron chi connectivity index (χ0n) is 11.1. The fourth-order valence-electron chi connectivity index (χ4n) is 1.70. The average molecular weight is 274 g/mol. The molecule has 0 aliphatic heterocycles. The van der Waals surface area contributed by atoms with Gasteiger partial charge in [-0.2, -0.15) is 4.73 Å². The van der Waals surface area contributed by atoms with Crippen LogP contribution in [0.4, 0.5) is 5.69 Å². The molecule has 0 unspecified atom stereocenters. The zero-order valence-corrected chi connectivity index (χ0v) is 11.1. The fraction of sp³-hybridized carbons (Fsp3) is 0.143. The van der Waals surface area contributed by atoms with E-state index >= 15 is 0 Å². The molecule has 0 saturated carbocycles. The molecule has 1 amide bonds. The van der Waals surface area contributed by atoms with Crippen LogP contribution in [0.5, 0.6) is 11.5 Å². The van der Waals surface area contributed by atoms with Gasteiger partial charge in [-0.15, -0.1) is 0 Å². The maximum atomic E-state index is 12.1. The number of methoxy groups -OCH3 is 2. The molecule has 0 atom stereocenters. The number of pyridine rings is 1. The number of anilines is 1. The van der Waals surface area contributed by atoms with Crippen molar-refractivity contribution < 1.29 is 19.0 Å². The minimum Gasteiger partial charge on any atom is -0.619 e. The summed E-state index contributed by atoms with van der Waals surface area (Å²) in [4.78, 5) is 12.1. The summed E-state index contributed by atoms with van der Waals surface area (Å²) in [7, 11) is 3.04. The SMILES string of the molecule is COc1ccc(OC)c(NC(=O)c2ccc[n+]([O-])c2)c1. The highest BCUT2D eigenvalue weighted by Crippen LogP contribution is 2.29. The maximum Gasteiger partial charge on any atom is 0.261 e. The van der Waals surface area contributed by atoms with E-state index < -0.39 is 5.91 Å². The maximum absolute atomic E-state index is 12.1. The van der Waals surface area contributed by atoms with Crippen molar-refractivity contribution in [2.24, 2.45) is 0 Å². The molecule has 1 aromatic heterocycles. The summed E-state index contributed by atoms with van der Waals surface area (Å²) >= 11 is 0. The standard InChI is InChI=1S/C14H14N2O4/c1-19-11-5-6-13(20-2)12(8-11)15-14(17)10-4-3-7-16(18)9-10/h3-9H,1-2H3,(H,15,17). The summed E-state index contributed by atoms with van der Waals surface area (Å²) in [6, 6.07) is 8.11. The predicted octanol–water partition coefficient (Wildman–Crippen LogP) is 1.59. The largest absolute Gasteiger partial charge is 0.619 e. The summed E-state index contributed by atoms with van der Waals surface area (Å²) < 4.78 is 10.8. The smallest absolute Gasteiger partial charge is 0.261 e. The second-order valence-corrected chi connectivity index (χ2v) is 3.97. The Kier molecular flexibility index (Phi) is 4.05. The molecule has 6 heteroatoms. The molecule has 6 nitrogen and oxygen atoms in total. The third kappa shape index (κ3) is 2.97. The van der Waals surface area contributed by atoms with Crippen molar-refractivity contribution in [3.05, 3.63) is 53.5 Å². The van der Waals surface area contributed by atoms with Crippen LogP contribution in [0.15, 0.2) is 42.7 Å². The first-order chi connectivity index (χ1) is 9.63. The first-order valence-corrected chi connectivity index (χ1v) is 5.86. The Hall–Kier alpha value is -2.76. The second-order valence-electron chi connectivity index (χ2n) is 3.97. The number of nitrogens with one attached hydrogen (secondary N) is 1. The molecule has 20 heavy (non-hydrogen) atoms. The van der Waals surface area contributed by atoms with Crippen LogP contribution in [-0.2, 0) is 0 Å². The Morgan fingerprint density at radius 1 is 1.25 bits per heavy atom. The van der Waals surface area contributed by atoms with Gasteiger partial charge in [0.15, 0.2) is 12.4 Å². The lowest BCUT2D eigenvalue weighted by atomic mass is 10.2. The van der Waals surface area contributed by atoms with Gasteiger partial charge in [0, 0.05) is 12.1 Å². The Morgan fingerprint density at radius 2 is 2.05 bits per heavy atom. The van der Waals surface area contributed by atoms with Crippen molar-refractivity contribution in [2.75, 3.05) is 19.5 Å². The van der Waals surface area contributed by atoms with Gasteiger partial charge in [-0.3, -0.25) is 4.79 Å². The van der Waals surface area contributed by atoms with Gasteiger partial charge < -0.3 is 20.0 Å². The third-order valence-corrected chi connectivity index (χ3v) is 2.69. The van der Waals surface area contributed by atoms with E-state index in [0.717, 1.165) is 0 Å². The number of aromatic nitrogens is 1. The molecule has 1 heterocycles. The van der Waals surface area contributed by atoms with E-state index in [9.17, 15) is 10.0 Å². The van der Waals surface area contributed by atoms with E-state index in [1.54, 1.807) is 24.3 Å². The molecule has 1 N–H and O–H groups in total. The zero-order chi connectivity index (χ0) is 14.5. The summed E-state index contributed by atoms with van der Waals surface area (Å²) in [5.74, 6) is 0.694. The number of benzene rings is 1. The lowest BCUT2D eigenvalue weighted by Crippen LogP contribution is -2.27. The van der Waals surface area contributed by atoms with Gasteiger partial charge in [0.25, 0.3) is 5.91 Å². The minimum atomic E-state index is -0.401. The predicted molar refractivity (Wildman–Crippen MR) is 72.9 cm³/mol. The van der Waals surface area contributed by atoms with Gasteiger partial charge >= 0.3 is 0 Å². The second kappa shape index (κ2) is 5.92. The molecule has 1 aromatic carbocycles. The van der Waals surface area contributed by atoms with Gasteiger partial charge in [0.2, 0.25) is 0 Å². The highest BCUT2D eigenvalue weighted by atomic mass is 16.5. The topological polar surface area (TPSA) is 74.5 Å². The van der Waals surface area contributed by atoms with Gasteiger partial charge in [-0.05, 0) is 18.2 Å².